The Morgan fingerprint density at radius 2 is 2.00 bits per heavy atom. The SMILES string of the molecule is CN=C(NCc1nc(C)c(C)s1)NCC1CCN(C)CC1.I. The van der Waals surface area contributed by atoms with Crippen LogP contribution in [0.1, 0.15) is 28.4 Å². The molecule has 0 unspecified atom stereocenters. The lowest BCUT2D eigenvalue weighted by molar-refractivity contribution is 0.220. The van der Waals surface area contributed by atoms with Crippen LogP contribution >= 0.6 is 35.3 Å². The van der Waals surface area contributed by atoms with Crippen LogP contribution in [-0.2, 0) is 6.54 Å². The first-order valence-corrected chi connectivity index (χ1v) is 8.46. The minimum absolute atomic E-state index is 0. The molecule has 2 N–H and O–H groups in total. The van der Waals surface area contributed by atoms with Gasteiger partial charge in [0.1, 0.15) is 5.01 Å². The first-order valence-electron chi connectivity index (χ1n) is 7.64. The summed E-state index contributed by atoms with van der Waals surface area (Å²) >= 11 is 1.75. The highest BCUT2D eigenvalue weighted by Crippen LogP contribution is 2.16. The molecule has 2 heterocycles. The maximum absolute atomic E-state index is 4.54. The lowest BCUT2D eigenvalue weighted by atomic mass is 9.97. The van der Waals surface area contributed by atoms with Crippen LogP contribution in [0.3, 0.4) is 0 Å². The monoisotopic (exact) mass is 437 g/mol. The maximum atomic E-state index is 4.54. The Bertz CT molecular complexity index is 461. The third-order valence-electron chi connectivity index (χ3n) is 4.10. The molecule has 0 saturated carbocycles. The zero-order valence-electron chi connectivity index (χ0n) is 14.0. The number of hydrogen-bond donors (Lipinski definition) is 2. The summed E-state index contributed by atoms with van der Waals surface area (Å²) in [7, 11) is 4.02. The van der Waals surface area contributed by atoms with E-state index in [4.69, 9.17) is 0 Å². The Hall–Kier alpha value is -0.410. The summed E-state index contributed by atoms with van der Waals surface area (Å²) in [6, 6.07) is 0. The summed E-state index contributed by atoms with van der Waals surface area (Å²) in [6.45, 7) is 8.33. The van der Waals surface area contributed by atoms with Crippen LogP contribution < -0.4 is 10.6 Å². The van der Waals surface area contributed by atoms with Crippen molar-refractivity contribution in [2.45, 2.75) is 33.2 Å². The molecule has 126 valence electrons. The third kappa shape index (κ3) is 6.00. The highest BCUT2D eigenvalue weighted by atomic mass is 127. The van der Waals surface area contributed by atoms with Gasteiger partial charge in [0.25, 0.3) is 0 Å². The van der Waals surface area contributed by atoms with Gasteiger partial charge in [-0.15, -0.1) is 35.3 Å². The van der Waals surface area contributed by atoms with Crippen molar-refractivity contribution in [1.29, 1.82) is 0 Å². The predicted octanol–water partition coefficient (Wildman–Crippen LogP) is 2.38. The zero-order valence-corrected chi connectivity index (χ0v) is 17.1. The van der Waals surface area contributed by atoms with E-state index in [0.717, 1.165) is 35.7 Å². The van der Waals surface area contributed by atoms with E-state index in [2.05, 4.69) is 46.4 Å². The van der Waals surface area contributed by atoms with Gasteiger partial charge in [0.05, 0.1) is 12.2 Å². The molecule has 1 aliphatic heterocycles. The van der Waals surface area contributed by atoms with Gasteiger partial charge in [-0.25, -0.2) is 4.98 Å². The fourth-order valence-electron chi connectivity index (χ4n) is 2.50. The fourth-order valence-corrected chi connectivity index (χ4v) is 3.38. The summed E-state index contributed by atoms with van der Waals surface area (Å²) in [5, 5.41) is 7.91. The Kier molecular flexibility index (Phi) is 8.63. The first kappa shape index (κ1) is 19.6. The Morgan fingerprint density at radius 3 is 2.55 bits per heavy atom. The second-order valence-electron chi connectivity index (χ2n) is 5.80. The van der Waals surface area contributed by atoms with Crippen molar-refractivity contribution in [3.63, 3.8) is 0 Å². The second kappa shape index (κ2) is 9.67. The molecule has 1 aliphatic rings. The molecule has 22 heavy (non-hydrogen) atoms. The molecule has 0 radical (unpaired) electrons. The average molecular weight is 437 g/mol. The van der Waals surface area contributed by atoms with Gasteiger partial charge in [-0.1, -0.05) is 0 Å². The predicted molar refractivity (Wildman–Crippen MR) is 105 cm³/mol. The van der Waals surface area contributed by atoms with Crippen molar-refractivity contribution in [2.24, 2.45) is 10.9 Å². The molecule has 0 aromatic carbocycles. The number of aromatic nitrogens is 1. The first-order chi connectivity index (χ1) is 10.1. The number of halogens is 1. The van der Waals surface area contributed by atoms with Crippen molar-refractivity contribution >= 4 is 41.3 Å². The molecule has 1 aromatic rings. The number of hydrogen-bond acceptors (Lipinski definition) is 4. The zero-order chi connectivity index (χ0) is 15.2. The molecule has 1 aromatic heterocycles. The normalized spacial score (nSPS) is 17.2. The number of guanidine groups is 1. The van der Waals surface area contributed by atoms with E-state index < -0.39 is 0 Å². The van der Waals surface area contributed by atoms with Crippen molar-refractivity contribution in [3.05, 3.63) is 15.6 Å². The fraction of sp³-hybridized carbons (Fsp3) is 0.733. The topological polar surface area (TPSA) is 52.6 Å². The highest BCUT2D eigenvalue weighted by molar-refractivity contribution is 14.0. The van der Waals surface area contributed by atoms with Crippen LogP contribution in [0.5, 0.6) is 0 Å². The van der Waals surface area contributed by atoms with Gasteiger partial charge in [-0.05, 0) is 52.7 Å². The Labute approximate surface area is 155 Å². The summed E-state index contributed by atoms with van der Waals surface area (Å²) in [4.78, 5) is 12.5. The summed E-state index contributed by atoms with van der Waals surface area (Å²) in [6.07, 6.45) is 2.54. The number of aryl methyl sites for hydroxylation is 2. The van der Waals surface area contributed by atoms with E-state index in [1.807, 2.05) is 7.05 Å². The maximum Gasteiger partial charge on any atom is 0.191 e. The molecule has 0 aliphatic carbocycles. The molecule has 1 saturated heterocycles. The minimum Gasteiger partial charge on any atom is -0.356 e. The number of nitrogens with one attached hydrogen (secondary N) is 2. The average Bonchev–Trinajstić information content (AvgIpc) is 2.80. The van der Waals surface area contributed by atoms with Crippen LogP contribution in [0, 0.1) is 19.8 Å². The lowest BCUT2D eigenvalue weighted by Gasteiger charge is -2.29. The van der Waals surface area contributed by atoms with E-state index >= 15 is 0 Å². The van der Waals surface area contributed by atoms with Crippen molar-refractivity contribution in [1.82, 2.24) is 20.5 Å². The van der Waals surface area contributed by atoms with Gasteiger partial charge in [-0.3, -0.25) is 4.99 Å². The van der Waals surface area contributed by atoms with E-state index in [1.165, 1.54) is 30.8 Å². The number of nitrogens with zero attached hydrogens (tertiary/aromatic N) is 3. The van der Waals surface area contributed by atoms with Crippen LogP contribution in [-0.4, -0.2) is 49.6 Å². The molecule has 0 spiro atoms. The molecule has 7 heteroatoms. The smallest absolute Gasteiger partial charge is 0.191 e. The van der Waals surface area contributed by atoms with E-state index in [1.54, 1.807) is 11.3 Å². The molecular formula is C15H28IN5S. The third-order valence-corrected chi connectivity index (χ3v) is 5.17. The number of rotatable bonds is 4. The van der Waals surface area contributed by atoms with Gasteiger partial charge >= 0.3 is 0 Å². The van der Waals surface area contributed by atoms with Gasteiger partial charge in [0.15, 0.2) is 5.96 Å². The van der Waals surface area contributed by atoms with E-state index in [0.29, 0.717) is 0 Å². The number of thiazole rings is 1. The molecule has 1 fully saturated rings. The van der Waals surface area contributed by atoms with Crippen LogP contribution in [0.4, 0.5) is 0 Å². The molecule has 5 nitrogen and oxygen atoms in total. The summed E-state index contributed by atoms with van der Waals surface area (Å²) in [5.74, 6) is 1.63. The van der Waals surface area contributed by atoms with Crippen molar-refractivity contribution in [3.8, 4) is 0 Å². The van der Waals surface area contributed by atoms with Gasteiger partial charge in [0.2, 0.25) is 0 Å². The van der Waals surface area contributed by atoms with Crippen molar-refractivity contribution in [2.75, 3.05) is 33.7 Å². The minimum atomic E-state index is 0. The van der Waals surface area contributed by atoms with Gasteiger partial charge < -0.3 is 15.5 Å². The van der Waals surface area contributed by atoms with Gasteiger partial charge in [0, 0.05) is 18.5 Å². The van der Waals surface area contributed by atoms with E-state index in [9.17, 15) is 0 Å². The molecule has 2 rings (SSSR count). The largest absolute Gasteiger partial charge is 0.356 e. The molecule has 0 bridgehead atoms. The molecular weight excluding hydrogens is 409 g/mol. The van der Waals surface area contributed by atoms with Crippen LogP contribution in [0.2, 0.25) is 0 Å². The lowest BCUT2D eigenvalue weighted by Crippen LogP contribution is -2.41. The number of likely N-dealkylation sites (tertiary alicyclic amines) is 1. The van der Waals surface area contributed by atoms with Crippen molar-refractivity contribution < 1.29 is 0 Å². The summed E-state index contributed by atoms with van der Waals surface area (Å²) < 4.78 is 0. The van der Waals surface area contributed by atoms with E-state index in [-0.39, 0.29) is 24.0 Å². The van der Waals surface area contributed by atoms with Crippen LogP contribution in [0.25, 0.3) is 0 Å². The van der Waals surface area contributed by atoms with Crippen LogP contribution in [0.15, 0.2) is 4.99 Å². The standard InChI is InChI=1S/C15H27N5S.HI/c1-11-12(2)21-14(19-11)10-18-15(16-3)17-9-13-5-7-20(4)8-6-13;/h13H,5-10H2,1-4H3,(H2,16,17,18);1H. The number of piperidine rings is 1. The highest BCUT2D eigenvalue weighted by Gasteiger charge is 2.16. The number of aliphatic imine (C=N–C) groups is 1. The Morgan fingerprint density at radius 1 is 1.32 bits per heavy atom. The Balaban J connectivity index is 0.00000242. The van der Waals surface area contributed by atoms with Gasteiger partial charge in [-0.2, -0.15) is 0 Å². The molecule has 0 amide bonds. The summed E-state index contributed by atoms with van der Waals surface area (Å²) in [5.41, 5.74) is 1.13. The quantitative estimate of drug-likeness (QED) is 0.432. The molecule has 0 atom stereocenters. The second-order valence-corrected chi connectivity index (χ2v) is 7.09.